The van der Waals surface area contributed by atoms with Gasteiger partial charge in [0, 0.05) is 0 Å². The third kappa shape index (κ3) is 6.44. The molecule has 1 aromatic rings. The Hall–Kier alpha value is -1.13. The van der Waals surface area contributed by atoms with Crippen LogP contribution >= 0.6 is 0 Å². The zero-order valence-corrected chi connectivity index (χ0v) is 13.8. The van der Waals surface area contributed by atoms with Crippen LogP contribution in [0.5, 0.6) is 5.75 Å². The number of carboxylic acids is 2. The van der Waals surface area contributed by atoms with Crippen LogP contribution in [0.1, 0.15) is 27.1 Å². The number of hydrogen-bond donors (Lipinski definition) is 3. The third-order valence-corrected chi connectivity index (χ3v) is 4.08. The van der Waals surface area contributed by atoms with E-state index < -0.39 is 31.2 Å². The summed E-state index contributed by atoms with van der Waals surface area (Å²) in [6.45, 7) is 0. The van der Waals surface area contributed by atoms with Crippen molar-refractivity contribution in [1.82, 2.24) is 0 Å². The summed E-state index contributed by atoms with van der Waals surface area (Å²) in [4.78, 5) is 21.8. The normalized spacial score (nSPS) is 12.7. The molecule has 0 amide bonds. The maximum absolute atomic E-state index is 10.9. The number of benzene rings is 1. The van der Waals surface area contributed by atoms with Crippen molar-refractivity contribution in [2.24, 2.45) is 0 Å². The topological polar surface area (TPSA) is 138 Å². The molecular weight excluding hydrogens is 315 g/mol. The Balaban J connectivity index is 2.91. The van der Waals surface area contributed by atoms with Gasteiger partial charge in [0.2, 0.25) is 0 Å². The molecule has 110 valence electrons. The molecule has 0 radical (unpaired) electrons. The van der Waals surface area contributed by atoms with E-state index in [1.807, 2.05) is 0 Å². The van der Waals surface area contributed by atoms with Gasteiger partial charge in [-0.2, -0.15) is 0 Å². The van der Waals surface area contributed by atoms with Crippen molar-refractivity contribution in [3.05, 3.63) is 29.3 Å². The minimum atomic E-state index is -4.10. The van der Waals surface area contributed by atoms with Gasteiger partial charge in [0.05, 0.1) is 0 Å². The summed E-state index contributed by atoms with van der Waals surface area (Å²) in [7, 11) is -4.10. The summed E-state index contributed by atoms with van der Waals surface area (Å²) in [5, 5.41) is 17.8. The van der Waals surface area contributed by atoms with Gasteiger partial charge in [0.1, 0.15) is 0 Å². The quantitative estimate of drug-likeness (QED) is 0.478. The van der Waals surface area contributed by atoms with Crippen molar-refractivity contribution in [3.8, 4) is 5.75 Å². The van der Waals surface area contributed by atoms with Crippen molar-refractivity contribution in [3.63, 3.8) is 0 Å². The molecule has 0 aliphatic rings. The molecule has 1 aromatic carbocycles. The first-order chi connectivity index (χ1) is 9.58. The number of ether oxygens (including phenoxy) is 1. The van der Waals surface area contributed by atoms with Crippen LogP contribution in [0, 0.1) is 0 Å². The van der Waals surface area contributed by atoms with Crippen molar-refractivity contribution in [2.75, 3.05) is 5.75 Å². The van der Waals surface area contributed by atoms with E-state index in [0.29, 0.717) is 27.9 Å². The van der Waals surface area contributed by atoms with Crippen molar-refractivity contribution < 1.29 is 37.5 Å². The van der Waals surface area contributed by atoms with E-state index >= 15 is 0 Å². The standard InChI is InChI=1S/C11H11O8S.Na/c12-10(13)7-4-8(11(14)15)6-9(5-7)19-2-1-3-20(16,17)18;/h2,4-6H,1,3H2,(H,12,13)(H,14,15)(H,16,17,18);. The number of rotatable bonds is 7. The molecule has 0 fully saturated rings. The Bertz CT molecular complexity index is 622. The Morgan fingerprint density at radius 1 is 1.14 bits per heavy atom. The Morgan fingerprint density at radius 2 is 1.62 bits per heavy atom. The summed E-state index contributed by atoms with van der Waals surface area (Å²) in [6.07, 6.45) is 0.0325. The summed E-state index contributed by atoms with van der Waals surface area (Å²) in [5.41, 5.74) is -0.484. The van der Waals surface area contributed by atoms with Crippen molar-refractivity contribution in [2.45, 2.75) is 9.77 Å². The van der Waals surface area contributed by atoms with Gasteiger partial charge < -0.3 is 0 Å². The number of hydrogen-bond acceptors (Lipinski definition) is 5. The van der Waals surface area contributed by atoms with E-state index in [9.17, 15) is 18.0 Å². The second-order valence-electron chi connectivity index (χ2n) is 4.36. The summed E-state index contributed by atoms with van der Waals surface area (Å²) >= 11 is 0.413. The molecule has 0 aliphatic carbocycles. The maximum atomic E-state index is 10.9. The number of carbonyl (C=O) groups is 2. The van der Waals surface area contributed by atoms with Gasteiger partial charge >= 0.3 is 138 Å². The van der Waals surface area contributed by atoms with Gasteiger partial charge in [-0.25, -0.2) is 0 Å². The molecule has 0 bridgehead atoms. The van der Waals surface area contributed by atoms with Crippen molar-refractivity contribution >= 4 is 50.0 Å². The van der Waals surface area contributed by atoms with Crippen LogP contribution in [0.4, 0.5) is 0 Å². The molecule has 0 aromatic heterocycles. The number of carboxylic acid groups (broad SMARTS) is 2. The van der Waals surface area contributed by atoms with Crippen LogP contribution in [0.25, 0.3) is 0 Å². The first-order valence-electron chi connectivity index (χ1n) is 5.82. The third-order valence-electron chi connectivity index (χ3n) is 2.52. The molecule has 1 rings (SSSR count). The second kappa shape index (κ2) is 7.23. The monoisotopic (exact) mass is 326 g/mol. The number of aromatic carboxylic acids is 2. The summed E-state index contributed by atoms with van der Waals surface area (Å²) in [5.74, 6) is -3.05. The Labute approximate surface area is 137 Å². The zero-order chi connectivity index (χ0) is 16.2. The SMILES string of the molecule is O=C(O)c1cc(O[CH]([Na])CCS(=O)(=O)O)cc(C(=O)O)c1. The Morgan fingerprint density at radius 3 is 2.00 bits per heavy atom. The molecular formula is C11H11NaO8S. The zero-order valence-electron chi connectivity index (χ0n) is 11.0. The van der Waals surface area contributed by atoms with E-state index in [1.54, 1.807) is 0 Å². The van der Waals surface area contributed by atoms with Crippen LogP contribution in [0.2, 0.25) is 0 Å². The van der Waals surface area contributed by atoms with E-state index in [2.05, 4.69) is 0 Å². The minimum absolute atomic E-state index is 0.0302. The molecule has 0 saturated carbocycles. The Kier molecular flexibility index (Phi) is 6.17. The van der Waals surface area contributed by atoms with Crippen LogP contribution in [0.15, 0.2) is 18.2 Å². The van der Waals surface area contributed by atoms with Gasteiger partial charge in [-0.15, -0.1) is 0 Å². The molecule has 0 aliphatic heterocycles. The van der Waals surface area contributed by atoms with E-state index in [-0.39, 0.29) is 23.3 Å². The second-order valence-corrected chi connectivity index (χ2v) is 7.22. The summed E-state index contributed by atoms with van der Waals surface area (Å²) < 4.78 is 34.7. The molecule has 10 heteroatoms. The predicted molar refractivity (Wildman–Crippen MR) is 71.6 cm³/mol. The van der Waals surface area contributed by atoms with Crippen LogP contribution in [-0.2, 0) is 10.1 Å². The molecule has 1 atom stereocenters. The van der Waals surface area contributed by atoms with Gasteiger partial charge in [0.15, 0.2) is 0 Å². The van der Waals surface area contributed by atoms with Crippen LogP contribution < -0.4 is 4.74 Å². The molecule has 8 nitrogen and oxygen atoms in total. The van der Waals surface area contributed by atoms with Crippen LogP contribution in [-0.4, -0.2) is 72.2 Å². The molecule has 1 unspecified atom stereocenters. The molecule has 0 heterocycles. The van der Waals surface area contributed by atoms with Crippen molar-refractivity contribution in [1.29, 1.82) is 0 Å². The fourth-order valence-corrected chi connectivity index (χ4v) is 3.13. The van der Waals surface area contributed by atoms with Crippen LogP contribution in [0.3, 0.4) is 0 Å². The van der Waals surface area contributed by atoms with E-state index in [4.69, 9.17) is 19.5 Å². The molecule has 21 heavy (non-hydrogen) atoms. The average Bonchev–Trinajstić information content (AvgIpc) is 2.35. The van der Waals surface area contributed by atoms with Gasteiger partial charge in [-0.05, 0) is 0 Å². The first-order valence-corrected chi connectivity index (χ1v) is 8.58. The molecule has 0 spiro atoms. The van der Waals surface area contributed by atoms with E-state index in [1.165, 1.54) is 0 Å². The van der Waals surface area contributed by atoms with Gasteiger partial charge in [0.25, 0.3) is 0 Å². The van der Waals surface area contributed by atoms with Gasteiger partial charge in [-0.1, -0.05) is 0 Å². The first kappa shape index (κ1) is 17.9. The molecule has 3 N–H and O–H groups in total. The fraction of sp³-hybridized carbons (Fsp3) is 0.273. The molecule has 0 saturated heterocycles. The van der Waals surface area contributed by atoms with Gasteiger partial charge in [-0.3, -0.25) is 0 Å². The average molecular weight is 326 g/mol. The summed E-state index contributed by atoms with van der Waals surface area (Å²) in [6, 6.07) is 3.32. The fourth-order valence-electron chi connectivity index (χ4n) is 1.52. The van der Waals surface area contributed by atoms with E-state index in [0.717, 1.165) is 18.2 Å². The predicted octanol–water partition coefficient (Wildman–Crippen LogP) is 0.234.